The van der Waals surface area contributed by atoms with Crippen LogP contribution >= 0.6 is 0 Å². The maximum absolute atomic E-state index is 12.7. The molecular formula is C79H104N8O41. The number of rotatable bonds is 58. The van der Waals surface area contributed by atoms with E-state index in [-0.39, 0.29) is 67.7 Å². The number of hydrogen-bond donors (Lipinski definition) is 13. The number of carboxylic acids is 5. The Bertz CT molecular complexity index is 4080. The summed E-state index contributed by atoms with van der Waals surface area (Å²) in [6.07, 6.45) is -8.67. The predicted octanol–water partition coefficient (Wildman–Crippen LogP) is -3.61. The number of carbonyl (C=O) groups is 22. The summed E-state index contributed by atoms with van der Waals surface area (Å²) in [4.78, 5) is 256. The van der Waals surface area contributed by atoms with Crippen molar-refractivity contribution in [1.29, 1.82) is 0 Å². The quantitative estimate of drug-likeness (QED) is 0.0147. The molecule has 128 heavy (non-hydrogen) atoms. The fourth-order valence-corrected chi connectivity index (χ4v) is 8.61. The Labute approximate surface area is 728 Å². The first-order chi connectivity index (χ1) is 60.1. The lowest BCUT2D eigenvalue weighted by atomic mass is 10.0. The van der Waals surface area contributed by atoms with E-state index < -0.39 is 303 Å². The van der Waals surface area contributed by atoms with Crippen molar-refractivity contribution in [2.45, 2.75) is 190 Å². The van der Waals surface area contributed by atoms with Crippen molar-refractivity contribution in [2.24, 2.45) is 45.9 Å². The first-order valence-corrected chi connectivity index (χ1v) is 38.5. The molecular weight excluding hydrogens is 1720 g/mol. The van der Waals surface area contributed by atoms with Crippen LogP contribution < -0.4 is 60.1 Å². The lowest BCUT2D eigenvalue weighted by Crippen LogP contribution is -2.36. The number of carboxylic acid groups (broad SMARTS) is 5. The SMILES string of the molecule is CC(=O)[C@@H](N)COC(=O)CCC(=O)OCC(COC(=O)CCC(=O)OC[C@H](N)C(=O)O)OC(=O)CCC(=O)OC[C@H](N)C(=O)O.CC(=O)[C@@H](N)COC(=O)CCC(=O)OC[C@H](N)C(=O)O.CC(=O)[C@@H](N)Cc1ccc(OC(=O)CCC(=O)OCC(COC(=O)CCC(=O)Oc2ccc(C[C@H](N)C(=O)O)cc2)OC(=O)CCC(=O)Oc2ccc(C[C@H](N)C(=O)O)cc2)cc1. The van der Waals surface area contributed by atoms with E-state index in [0.717, 1.165) is 5.56 Å². The van der Waals surface area contributed by atoms with Crippen LogP contribution in [0.4, 0.5) is 0 Å². The Balaban J connectivity index is 0.00000109. The molecule has 0 aromatic heterocycles. The number of ketones is 3. The highest BCUT2D eigenvalue weighted by Crippen LogP contribution is 2.19. The molecule has 0 saturated heterocycles. The molecule has 0 aliphatic heterocycles. The van der Waals surface area contributed by atoms with E-state index in [1.165, 1.54) is 81.4 Å². The Morgan fingerprint density at radius 3 is 0.570 bits per heavy atom. The molecule has 2 unspecified atom stereocenters. The van der Waals surface area contributed by atoms with Crippen LogP contribution in [0.25, 0.3) is 0 Å². The van der Waals surface area contributed by atoms with Crippen molar-refractivity contribution in [1.82, 2.24) is 0 Å². The van der Waals surface area contributed by atoms with Crippen molar-refractivity contribution >= 4 is 131 Å². The Morgan fingerprint density at radius 2 is 0.383 bits per heavy atom. The molecule has 0 fully saturated rings. The van der Waals surface area contributed by atoms with E-state index in [1.54, 1.807) is 12.1 Å². The fourth-order valence-electron chi connectivity index (χ4n) is 8.61. The molecule has 0 radical (unpaired) electrons. The Hall–Kier alpha value is -13.7. The van der Waals surface area contributed by atoms with Gasteiger partial charge in [0.1, 0.15) is 124 Å². The molecule has 0 heterocycles. The van der Waals surface area contributed by atoms with Crippen LogP contribution in [0.2, 0.25) is 0 Å². The van der Waals surface area contributed by atoms with E-state index >= 15 is 0 Å². The third-order valence-electron chi connectivity index (χ3n) is 16.2. The number of Topliss-reactive ketones (excluding diaryl/α,β-unsaturated/α-hetero) is 3. The van der Waals surface area contributed by atoms with E-state index in [2.05, 4.69) is 18.9 Å². The lowest BCUT2D eigenvalue weighted by Gasteiger charge is -2.18. The van der Waals surface area contributed by atoms with Gasteiger partial charge < -0.3 is 138 Å². The van der Waals surface area contributed by atoms with Crippen LogP contribution in [0.15, 0.2) is 72.8 Å². The Kier molecular flexibility index (Phi) is 54.0. The maximum Gasteiger partial charge on any atom is 0.324 e. The summed E-state index contributed by atoms with van der Waals surface area (Å²) in [6, 6.07) is 9.04. The minimum Gasteiger partial charge on any atom is -0.480 e. The third kappa shape index (κ3) is 54.1. The zero-order valence-corrected chi connectivity index (χ0v) is 69.6. The van der Waals surface area contributed by atoms with E-state index in [0.29, 0.717) is 17.5 Å². The molecule has 0 amide bonds. The summed E-state index contributed by atoms with van der Waals surface area (Å²) in [7, 11) is 0. The summed E-state index contributed by atoms with van der Waals surface area (Å²) in [6.45, 7) is -1.16. The average molecular weight is 1820 g/mol. The van der Waals surface area contributed by atoms with Crippen LogP contribution in [0.1, 0.15) is 127 Å². The largest absolute Gasteiger partial charge is 0.480 e. The van der Waals surface area contributed by atoms with Gasteiger partial charge >= 0.3 is 113 Å². The number of benzene rings is 3. The van der Waals surface area contributed by atoms with Gasteiger partial charge in [-0.2, -0.15) is 0 Å². The highest BCUT2D eigenvalue weighted by atomic mass is 16.6. The first kappa shape index (κ1) is 112. The summed E-state index contributed by atoms with van der Waals surface area (Å²) < 4.78 is 69.5. The van der Waals surface area contributed by atoms with Gasteiger partial charge in [0.2, 0.25) is 0 Å². The van der Waals surface area contributed by atoms with Crippen molar-refractivity contribution in [2.75, 3.05) is 59.5 Å². The van der Waals surface area contributed by atoms with E-state index in [9.17, 15) is 105 Å². The van der Waals surface area contributed by atoms with Crippen LogP contribution in [0.5, 0.6) is 17.2 Å². The number of aliphatic carboxylic acids is 5. The minimum absolute atomic E-state index is 0.0442. The monoisotopic (exact) mass is 1820 g/mol. The molecule has 10 atom stereocenters. The average Bonchev–Trinajstić information content (AvgIpc) is 0.891. The number of nitrogens with two attached hydrogens (primary N) is 8. The third-order valence-corrected chi connectivity index (χ3v) is 16.2. The number of hydrogen-bond acceptors (Lipinski definition) is 44. The molecule has 0 bridgehead atoms. The molecule has 0 saturated carbocycles. The van der Waals surface area contributed by atoms with Crippen molar-refractivity contribution < 1.29 is 197 Å². The lowest BCUT2D eigenvalue weighted by molar-refractivity contribution is -0.168. The minimum atomic E-state index is -1.47. The molecule has 0 spiro atoms. The second-order valence-electron chi connectivity index (χ2n) is 27.2. The van der Waals surface area contributed by atoms with Gasteiger partial charge in [-0.05, 0) is 93.1 Å². The molecule has 3 rings (SSSR count). The molecule has 3 aromatic rings. The zero-order valence-electron chi connectivity index (χ0n) is 69.6. The maximum atomic E-state index is 12.7. The van der Waals surface area contributed by atoms with Gasteiger partial charge in [-0.15, -0.1) is 0 Å². The van der Waals surface area contributed by atoms with Gasteiger partial charge in [-0.3, -0.25) is 105 Å². The second-order valence-corrected chi connectivity index (χ2v) is 27.2. The van der Waals surface area contributed by atoms with Crippen LogP contribution in [0, 0.1) is 0 Å². The topological polar surface area (TPSA) is 814 Å². The summed E-state index contributed by atoms with van der Waals surface area (Å²) in [5.74, 6) is -19.3. The van der Waals surface area contributed by atoms with Gasteiger partial charge in [0, 0.05) is 0 Å². The van der Waals surface area contributed by atoms with Crippen molar-refractivity contribution in [3.8, 4) is 17.2 Å². The fraction of sp³-hybridized carbons (Fsp3) is 0.494. The van der Waals surface area contributed by atoms with Gasteiger partial charge in [0.25, 0.3) is 0 Å². The van der Waals surface area contributed by atoms with Crippen molar-refractivity contribution in [3.05, 3.63) is 89.5 Å². The van der Waals surface area contributed by atoms with Gasteiger partial charge in [-0.1, -0.05) is 36.4 Å². The first-order valence-electron chi connectivity index (χ1n) is 38.5. The van der Waals surface area contributed by atoms with Crippen LogP contribution in [0.3, 0.4) is 0 Å². The van der Waals surface area contributed by atoms with Gasteiger partial charge in [0.05, 0.1) is 108 Å². The number of ether oxygens (including phenoxy) is 14. The zero-order chi connectivity index (χ0) is 96.7. The molecule has 49 nitrogen and oxygen atoms in total. The van der Waals surface area contributed by atoms with E-state index in [4.69, 9.17) is 119 Å². The predicted molar refractivity (Wildman–Crippen MR) is 424 cm³/mol. The van der Waals surface area contributed by atoms with Gasteiger partial charge in [0.15, 0.2) is 12.2 Å². The normalized spacial score (nSPS) is 12.9. The van der Waals surface area contributed by atoms with Crippen LogP contribution in [-0.4, -0.2) is 276 Å². The van der Waals surface area contributed by atoms with Gasteiger partial charge in [-0.25, -0.2) is 0 Å². The molecule has 21 N–H and O–H groups in total. The highest BCUT2D eigenvalue weighted by molar-refractivity contribution is 5.86. The summed E-state index contributed by atoms with van der Waals surface area (Å²) >= 11 is 0. The molecule has 0 aliphatic carbocycles. The van der Waals surface area contributed by atoms with Crippen molar-refractivity contribution in [3.63, 3.8) is 0 Å². The standard InChI is InChI=1S/C43H49N3O17.C25H37N3O17.C11H18N2O7/c1-25(47)33(44)20-26-2-8-29(9-3-26)60-38(50)16-14-36(48)58-23-32(63-41(53)19-18-40(52)62-31-12-6-28(7-13-31)22-35(46)43(56)57)24-59-37(49)15-17-39(51)61-30-10-4-27(5-11-30)21-34(45)42(54)55;1-13(29)15(26)10-42-20(32)4-2-18(30)40-8-14(45-23(35)7-6-22(34)44-12-17(28)25(38)39)9-41-19(31)3-5-21(33)43-11-16(27)24(36)37;1-6(14)7(12)4-19-9(15)2-3-10(16)20-5-8(13)11(17)18/h2-13,32-35H,14-24,44-46H2,1H3,(H,54,55)(H,56,57);14-17H,2-12,26-28H2,1H3,(H,36,37)(H,38,39);7-8H,2-5,12-13H2,1H3,(H,17,18)/t32?,33-,34-,35-;14?,15-,16-,17-;7-,8-/m000/s1. The highest BCUT2D eigenvalue weighted by Gasteiger charge is 2.27. The summed E-state index contributed by atoms with van der Waals surface area (Å²) in [5.41, 5.74) is 45.1. The number of carbonyl (C=O) groups excluding carboxylic acids is 17. The Morgan fingerprint density at radius 1 is 0.219 bits per heavy atom. The second kappa shape index (κ2) is 61.6. The smallest absolute Gasteiger partial charge is 0.324 e. The van der Waals surface area contributed by atoms with Crippen LogP contribution in [-0.2, 0) is 177 Å². The summed E-state index contributed by atoms with van der Waals surface area (Å²) in [5, 5.41) is 43.8. The molecule has 706 valence electrons. The number of esters is 14. The molecule has 3 aromatic carbocycles. The molecule has 0 aliphatic rings. The van der Waals surface area contributed by atoms with E-state index in [1.807, 2.05) is 0 Å². The molecule has 49 heteroatoms.